The number of likely N-dealkylation sites (tertiary alicyclic amines) is 1. The number of aryl methyl sites for hydroxylation is 2. The van der Waals surface area contributed by atoms with Gasteiger partial charge in [-0.3, -0.25) is 14.4 Å². The Balaban J connectivity index is 1.43. The molecule has 3 aromatic rings. The Morgan fingerprint density at radius 1 is 1.02 bits per heavy atom. The maximum Gasteiger partial charge on any atom is 0.248 e. The van der Waals surface area contributed by atoms with Gasteiger partial charge in [0.2, 0.25) is 17.7 Å². The Morgan fingerprint density at radius 3 is 2.39 bits per heavy atom. The Kier molecular flexibility index (Phi) is 7.46. The van der Waals surface area contributed by atoms with Gasteiger partial charge in [-0.25, -0.2) is 0 Å². The van der Waals surface area contributed by atoms with Crippen molar-refractivity contribution in [2.24, 2.45) is 11.8 Å². The van der Waals surface area contributed by atoms with Crippen molar-refractivity contribution in [2.45, 2.75) is 47.2 Å². The first-order valence-corrected chi connectivity index (χ1v) is 15.6. The molecule has 2 bridgehead atoms. The maximum absolute atomic E-state index is 14.5. The first kappa shape index (κ1) is 28.0. The summed E-state index contributed by atoms with van der Waals surface area (Å²) in [6, 6.07) is 22.8. The highest BCUT2D eigenvalue weighted by Gasteiger charge is 2.76. The molecule has 7 atom stereocenters. The molecule has 9 heteroatoms. The number of hydrogen-bond acceptors (Lipinski definition) is 5. The van der Waals surface area contributed by atoms with Crippen LogP contribution in [0.2, 0.25) is 0 Å². The molecule has 7 nitrogen and oxygen atoms in total. The molecule has 1 spiro atoms. The van der Waals surface area contributed by atoms with Crippen molar-refractivity contribution >= 4 is 56.8 Å². The third-order valence-corrected chi connectivity index (χ3v) is 11.9. The molecule has 3 unspecified atom stereocenters. The zero-order valence-electron chi connectivity index (χ0n) is 22.8. The number of carbonyl (C=O) groups excluding carboxylic acids is 3. The predicted octanol–water partition coefficient (Wildman–Crippen LogP) is 5.08. The molecule has 3 aliphatic heterocycles. The average molecular weight is 635 g/mol. The zero-order valence-corrected chi connectivity index (χ0v) is 25.2. The number of fused-ring (bicyclic) bond motifs is 1. The van der Waals surface area contributed by atoms with Crippen LogP contribution in [0.1, 0.15) is 29.2 Å². The molecule has 0 radical (unpaired) electrons. The van der Waals surface area contributed by atoms with Gasteiger partial charge in [-0.2, -0.15) is 0 Å². The van der Waals surface area contributed by atoms with E-state index in [0.29, 0.717) is 17.8 Å². The van der Waals surface area contributed by atoms with Crippen LogP contribution in [-0.2, 0) is 14.4 Å². The number of aliphatic hydroxyl groups is 1. The molecule has 41 heavy (non-hydrogen) atoms. The van der Waals surface area contributed by atoms with Crippen LogP contribution in [-0.4, -0.2) is 55.2 Å². The molecule has 0 aromatic heterocycles. The van der Waals surface area contributed by atoms with Gasteiger partial charge in [0.25, 0.3) is 0 Å². The lowest BCUT2D eigenvalue weighted by molar-refractivity contribution is -0.141. The van der Waals surface area contributed by atoms with Crippen LogP contribution in [0.5, 0.6) is 0 Å². The number of alkyl halides is 1. The molecule has 3 heterocycles. The van der Waals surface area contributed by atoms with Gasteiger partial charge >= 0.3 is 0 Å². The lowest BCUT2D eigenvalue weighted by Crippen LogP contribution is -2.53. The largest absolute Gasteiger partial charge is 0.394 e. The standard InChI is InChI=1S/C32H32BrN3O4S/c1-18-13-14-19(2)23(15-18)35-30(39)28-32-16-22(33)27(41-32)25(29(38)34-21-11-7-4-8-12-21)26(32)31(40)36(28)24(17-37)20-9-5-3-6-10-20/h3-15,22,24-28,37H,16-17H2,1-2H3,(H,34,38)(H,35,39)/t22?,24-,25-,26+,27-,28?,32?/m1/s1. The summed E-state index contributed by atoms with van der Waals surface area (Å²) < 4.78 is -0.835. The molecule has 0 aliphatic carbocycles. The highest BCUT2D eigenvalue weighted by Crippen LogP contribution is 2.68. The summed E-state index contributed by atoms with van der Waals surface area (Å²) in [5.41, 5.74) is 4.01. The van der Waals surface area contributed by atoms with Gasteiger partial charge in [0.05, 0.1) is 29.2 Å². The monoisotopic (exact) mass is 633 g/mol. The molecule has 3 N–H and O–H groups in total. The average Bonchev–Trinajstić information content (AvgIpc) is 3.56. The van der Waals surface area contributed by atoms with E-state index in [4.69, 9.17) is 0 Å². The molecule has 3 aliphatic rings. The summed E-state index contributed by atoms with van der Waals surface area (Å²) in [4.78, 5) is 44.3. The van der Waals surface area contributed by atoms with Crippen molar-refractivity contribution in [1.29, 1.82) is 0 Å². The fourth-order valence-corrected chi connectivity index (χ4v) is 10.5. The number of carbonyl (C=O) groups is 3. The van der Waals surface area contributed by atoms with E-state index in [1.165, 1.54) is 0 Å². The summed E-state index contributed by atoms with van der Waals surface area (Å²) in [6.45, 7) is 3.55. The van der Waals surface area contributed by atoms with Gasteiger partial charge in [-0.1, -0.05) is 76.6 Å². The minimum Gasteiger partial charge on any atom is -0.394 e. The van der Waals surface area contributed by atoms with Crippen molar-refractivity contribution < 1.29 is 19.5 Å². The fraction of sp³-hybridized carbons (Fsp3) is 0.344. The van der Waals surface area contributed by atoms with Crippen LogP contribution in [0.25, 0.3) is 0 Å². The molecule has 3 amide bonds. The topological polar surface area (TPSA) is 98.7 Å². The molecule has 3 aromatic carbocycles. The van der Waals surface area contributed by atoms with E-state index in [1.54, 1.807) is 16.7 Å². The number of halogens is 1. The lowest BCUT2D eigenvalue weighted by Gasteiger charge is -2.37. The summed E-state index contributed by atoms with van der Waals surface area (Å²) in [5, 5.41) is 16.6. The van der Waals surface area contributed by atoms with Crippen molar-refractivity contribution in [3.8, 4) is 0 Å². The lowest BCUT2D eigenvalue weighted by atomic mass is 9.70. The molecule has 3 fully saturated rings. The van der Waals surface area contributed by atoms with Crippen LogP contribution in [0.15, 0.2) is 78.9 Å². The van der Waals surface area contributed by atoms with Crippen LogP contribution in [0, 0.1) is 25.7 Å². The van der Waals surface area contributed by atoms with Crippen molar-refractivity contribution in [1.82, 2.24) is 4.90 Å². The van der Waals surface area contributed by atoms with E-state index >= 15 is 0 Å². The molecule has 6 rings (SSSR count). The van der Waals surface area contributed by atoms with E-state index in [9.17, 15) is 19.5 Å². The summed E-state index contributed by atoms with van der Waals surface area (Å²) in [7, 11) is 0. The third-order valence-electron chi connectivity index (χ3n) is 8.66. The second kappa shape index (κ2) is 10.9. The second-order valence-electron chi connectivity index (χ2n) is 11.2. The Hall–Kier alpha value is -3.14. The highest BCUT2D eigenvalue weighted by molar-refractivity contribution is 9.09. The fourth-order valence-electron chi connectivity index (χ4n) is 6.85. The number of rotatable bonds is 7. The number of anilines is 2. The summed E-state index contributed by atoms with van der Waals surface area (Å²) in [5.74, 6) is -2.14. The number of para-hydroxylation sites is 1. The number of nitrogens with zero attached hydrogens (tertiary/aromatic N) is 1. The number of benzene rings is 3. The van der Waals surface area contributed by atoms with Gasteiger partial charge in [-0.15, -0.1) is 11.8 Å². The van der Waals surface area contributed by atoms with Crippen LogP contribution < -0.4 is 10.6 Å². The third kappa shape index (κ3) is 4.68. The molecule has 0 saturated carbocycles. The van der Waals surface area contributed by atoms with E-state index in [0.717, 1.165) is 16.7 Å². The van der Waals surface area contributed by atoms with E-state index in [1.807, 2.05) is 92.7 Å². The van der Waals surface area contributed by atoms with Crippen molar-refractivity contribution in [3.63, 3.8) is 0 Å². The minimum absolute atomic E-state index is 0.0525. The Labute approximate surface area is 252 Å². The van der Waals surface area contributed by atoms with Gasteiger partial charge in [0.1, 0.15) is 6.04 Å². The summed E-state index contributed by atoms with van der Waals surface area (Å²) >= 11 is 5.39. The Bertz CT molecular complexity index is 1490. The molecular weight excluding hydrogens is 602 g/mol. The summed E-state index contributed by atoms with van der Waals surface area (Å²) in [6.07, 6.45) is 0.558. The number of hydrogen-bond donors (Lipinski definition) is 3. The van der Waals surface area contributed by atoms with Crippen molar-refractivity contribution in [3.05, 3.63) is 95.6 Å². The molecule has 212 valence electrons. The SMILES string of the molecule is Cc1ccc(C)c(NC(=O)C2N([C@H](CO)c3ccccc3)C(=O)[C@@H]3[C@@H](C(=O)Nc4ccccc4)[C@@H]4SC23CC4Br)c1. The maximum atomic E-state index is 14.5. The number of amides is 3. The van der Waals surface area contributed by atoms with E-state index < -0.39 is 28.7 Å². The van der Waals surface area contributed by atoms with E-state index in [2.05, 4.69) is 26.6 Å². The van der Waals surface area contributed by atoms with Gasteiger partial charge in [0.15, 0.2) is 0 Å². The highest BCUT2D eigenvalue weighted by atomic mass is 79.9. The van der Waals surface area contributed by atoms with Gasteiger partial charge in [0, 0.05) is 21.5 Å². The second-order valence-corrected chi connectivity index (χ2v) is 13.9. The first-order valence-electron chi connectivity index (χ1n) is 13.8. The minimum atomic E-state index is -0.887. The number of aliphatic hydroxyl groups excluding tert-OH is 1. The molecular formula is C32H32BrN3O4S. The zero-order chi connectivity index (χ0) is 28.9. The predicted molar refractivity (Wildman–Crippen MR) is 165 cm³/mol. The van der Waals surface area contributed by atoms with Gasteiger partial charge in [-0.05, 0) is 55.2 Å². The molecule has 3 saturated heterocycles. The van der Waals surface area contributed by atoms with E-state index in [-0.39, 0.29) is 34.4 Å². The van der Waals surface area contributed by atoms with Gasteiger partial charge < -0.3 is 20.6 Å². The van der Waals surface area contributed by atoms with Crippen molar-refractivity contribution in [2.75, 3.05) is 17.2 Å². The smallest absolute Gasteiger partial charge is 0.248 e. The number of thioether (sulfide) groups is 1. The normalized spacial score (nSPS) is 28.8. The quantitative estimate of drug-likeness (QED) is 0.315. The van der Waals surface area contributed by atoms with Crippen LogP contribution in [0.4, 0.5) is 11.4 Å². The first-order chi connectivity index (χ1) is 19.7. The van der Waals surface area contributed by atoms with Crippen LogP contribution >= 0.6 is 27.7 Å². The number of nitrogens with one attached hydrogen (secondary N) is 2. The Morgan fingerprint density at radius 2 is 1.71 bits per heavy atom. The van der Waals surface area contributed by atoms with Crippen LogP contribution in [0.3, 0.4) is 0 Å².